The van der Waals surface area contributed by atoms with Crippen molar-refractivity contribution in [1.82, 2.24) is 0 Å². The van der Waals surface area contributed by atoms with Crippen LogP contribution in [-0.2, 0) is 9.53 Å². The van der Waals surface area contributed by atoms with Crippen molar-refractivity contribution in [3.63, 3.8) is 0 Å². The number of phenolic OH excluding ortho intramolecular Hbond substituents is 1. The van der Waals surface area contributed by atoms with E-state index in [1.54, 1.807) is 37.3 Å². The number of carbonyl (C=O) groups excluding carboxylic acids is 2. The molecule has 0 saturated heterocycles. The van der Waals surface area contributed by atoms with Gasteiger partial charge in [0.1, 0.15) is 5.75 Å². The Kier molecular flexibility index (Phi) is 6.13. The summed E-state index contributed by atoms with van der Waals surface area (Å²) in [5, 5.41) is 18.4. The zero-order valence-corrected chi connectivity index (χ0v) is 13.8. The highest BCUT2D eigenvalue weighted by molar-refractivity contribution is 5.97. The van der Waals surface area contributed by atoms with E-state index in [2.05, 4.69) is 0 Å². The fourth-order valence-electron chi connectivity index (χ4n) is 2.19. The maximum atomic E-state index is 12.4. The van der Waals surface area contributed by atoms with Crippen LogP contribution in [0.15, 0.2) is 48.5 Å². The van der Waals surface area contributed by atoms with E-state index in [0.29, 0.717) is 11.3 Å². The number of ether oxygens (including phenoxy) is 1. The SMILES string of the molecule is Cc1ccc(C(=O)OCC(=O)N(CCC#N)c2ccccc2)cc1O. The molecule has 0 aliphatic rings. The Hall–Kier alpha value is -3.33. The third kappa shape index (κ3) is 4.82. The molecule has 0 saturated carbocycles. The second-order valence-electron chi connectivity index (χ2n) is 5.37. The van der Waals surface area contributed by atoms with Crippen molar-refractivity contribution in [3.8, 4) is 11.8 Å². The summed E-state index contributed by atoms with van der Waals surface area (Å²) in [6.07, 6.45) is 0.167. The fourth-order valence-corrected chi connectivity index (χ4v) is 2.19. The number of hydrogen-bond donors (Lipinski definition) is 1. The summed E-state index contributed by atoms with van der Waals surface area (Å²) in [6.45, 7) is 1.47. The zero-order valence-electron chi connectivity index (χ0n) is 13.8. The topological polar surface area (TPSA) is 90.6 Å². The van der Waals surface area contributed by atoms with E-state index in [-0.39, 0.29) is 24.3 Å². The van der Waals surface area contributed by atoms with E-state index in [4.69, 9.17) is 10.00 Å². The van der Waals surface area contributed by atoms with Gasteiger partial charge in [-0.25, -0.2) is 4.79 Å². The van der Waals surface area contributed by atoms with E-state index >= 15 is 0 Å². The number of amides is 1. The number of esters is 1. The van der Waals surface area contributed by atoms with E-state index in [1.807, 2.05) is 12.1 Å². The van der Waals surface area contributed by atoms with E-state index in [1.165, 1.54) is 17.0 Å². The minimum Gasteiger partial charge on any atom is -0.508 e. The first-order valence-corrected chi connectivity index (χ1v) is 7.72. The number of nitriles is 1. The molecule has 2 aromatic rings. The predicted molar refractivity (Wildman–Crippen MR) is 92.2 cm³/mol. The van der Waals surface area contributed by atoms with E-state index in [9.17, 15) is 14.7 Å². The second kappa shape index (κ2) is 8.50. The molecule has 1 N–H and O–H groups in total. The van der Waals surface area contributed by atoms with Crippen LogP contribution in [0.2, 0.25) is 0 Å². The van der Waals surface area contributed by atoms with Crippen molar-refractivity contribution in [3.05, 3.63) is 59.7 Å². The third-order valence-corrected chi connectivity index (χ3v) is 3.59. The number of aromatic hydroxyl groups is 1. The van der Waals surface area contributed by atoms with Crippen LogP contribution in [0, 0.1) is 18.3 Å². The first-order valence-electron chi connectivity index (χ1n) is 7.72. The highest BCUT2D eigenvalue weighted by Crippen LogP contribution is 2.18. The Morgan fingerprint density at radius 1 is 1.20 bits per heavy atom. The Labute approximate surface area is 145 Å². The lowest BCUT2D eigenvalue weighted by molar-refractivity contribution is -0.121. The largest absolute Gasteiger partial charge is 0.508 e. The first kappa shape index (κ1) is 18.0. The molecule has 0 atom stereocenters. The van der Waals surface area contributed by atoms with Crippen LogP contribution in [0.4, 0.5) is 5.69 Å². The van der Waals surface area contributed by atoms with Gasteiger partial charge in [-0.15, -0.1) is 0 Å². The highest BCUT2D eigenvalue weighted by Gasteiger charge is 2.18. The molecule has 0 fully saturated rings. The molecule has 2 rings (SSSR count). The number of para-hydroxylation sites is 1. The molecule has 0 unspecified atom stereocenters. The number of rotatable bonds is 6. The molecule has 0 aliphatic carbocycles. The van der Waals surface area contributed by atoms with Gasteiger partial charge in [0.05, 0.1) is 18.1 Å². The van der Waals surface area contributed by atoms with E-state index in [0.717, 1.165) is 0 Å². The van der Waals surface area contributed by atoms with E-state index < -0.39 is 18.5 Å². The van der Waals surface area contributed by atoms with Gasteiger partial charge >= 0.3 is 5.97 Å². The Balaban J connectivity index is 2.04. The average Bonchev–Trinajstić information content (AvgIpc) is 2.63. The number of hydrogen-bond acceptors (Lipinski definition) is 5. The molecule has 0 spiro atoms. The van der Waals surface area contributed by atoms with Crippen LogP contribution in [0.1, 0.15) is 22.3 Å². The molecule has 6 nitrogen and oxygen atoms in total. The lowest BCUT2D eigenvalue weighted by Gasteiger charge is -2.21. The van der Waals surface area contributed by atoms with Crippen molar-refractivity contribution in [2.45, 2.75) is 13.3 Å². The van der Waals surface area contributed by atoms with Gasteiger partial charge in [-0.3, -0.25) is 4.79 Å². The molecule has 0 aliphatic heterocycles. The van der Waals surface area contributed by atoms with Gasteiger partial charge in [0.15, 0.2) is 6.61 Å². The predicted octanol–water partition coefficient (Wildman–Crippen LogP) is 2.80. The standard InChI is InChI=1S/C19H18N2O4/c1-14-8-9-15(12-17(14)22)19(24)25-13-18(23)21(11-5-10-20)16-6-3-2-4-7-16/h2-4,6-9,12,22H,5,11,13H2,1H3. The molecule has 1 amide bonds. The maximum Gasteiger partial charge on any atom is 0.338 e. The van der Waals surface area contributed by atoms with Crippen molar-refractivity contribution < 1.29 is 19.4 Å². The molecule has 25 heavy (non-hydrogen) atoms. The number of phenols is 1. The van der Waals surface area contributed by atoms with Crippen LogP contribution < -0.4 is 4.90 Å². The number of aryl methyl sites for hydroxylation is 1. The van der Waals surface area contributed by atoms with Crippen molar-refractivity contribution in [2.24, 2.45) is 0 Å². The van der Waals surface area contributed by atoms with Gasteiger partial charge in [-0.05, 0) is 36.8 Å². The smallest absolute Gasteiger partial charge is 0.338 e. The van der Waals surface area contributed by atoms with Crippen LogP contribution in [0.3, 0.4) is 0 Å². The molecular weight excluding hydrogens is 320 g/mol. The van der Waals surface area contributed by atoms with Gasteiger partial charge < -0.3 is 14.7 Å². The van der Waals surface area contributed by atoms with Crippen molar-refractivity contribution >= 4 is 17.6 Å². The van der Waals surface area contributed by atoms with Crippen LogP contribution in [-0.4, -0.2) is 30.1 Å². The minimum atomic E-state index is -0.697. The molecule has 6 heteroatoms. The molecule has 128 valence electrons. The van der Waals surface area contributed by atoms with Gasteiger partial charge in [-0.1, -0.05) is 24.3 Å². The molecular formula is C19H18N2O4. The lowest BCUT2D eigenvalue weighted by Crippen LogP contribution is -2.35. The molecule has 0 radical (unpaired) electrons. The Morgan fingerprint density at radius 3 is 2.56 bits per heavy atom. The average molecular weight is 338 g/mol. The molecule has 0 aromatic heterocycles. The minimum absolute atomic E-state index is 0.0132. The summed E-state index contributed by atoms with van der Waals surface area (Å²) >= 11 is 0. The normalized spacial score (nSPS) is 9.92. The zero-order chi connectivity index (χ0) is 18.2. The summed E-state index contributed by atoms with van der Waals surface area (Å²) in [7, 11) is 0. The van der Waals surface area contributed by atoms with Gasteiger partial charge in [0, 0.05) is 12.2 Å². The maximum absolute atomic E-state index is 12.4. The number of nitrogens with zero attached hydrogens (tertiary/aromatic N) is 2. The fraction of sp³-hybridized carbons (Fsp3) is 0.211. The monoisotopic (exact) mass is 338 g/mol. The molecule has 0 heterocycles. The molecule has 0 bridgehead atoms. The number of carbonyl (C=O) groups is 2. The van der Waals surface area contributed by atoms with Crippen molar-refractivity contribution in [1.29, 1.82) is 5.26 Å². The quantitative estimate of drug-likeness (QED) is 0.818. The summed E-state index contributed by atoms with van der Waals surface area (Å²) < 4.78 is 5.04. The van der Waals surface area contributed by atoms with Gasteiger partial charge in [0.25, 0.3) is 5.91 Å². The third-order valence-electron chi connectivity index (χ3n) is 3.59. The van der Waals surface area contributed by atoms with Gasteiger partial charge in [-0.2, -0.15) is 5.26 Å². The Bertz CT molecular complexity index is 797. The van der Waals surface area contributed by atoms with Crippen molar-refractivity contribution in [2.75, 3.05) is 18.1 Å². The molecule has 2 aromatic carbocycles. The van der Waals surface area contributed by atoms with Crippen LogP contribution >= 0.6 is 0 Å². The summed E-state index contributed by atoms with van der Waals surface area (Å²) in [6, 6.07) is 15.3. The first-order chi connectivity index (χ1) is 12.0. The number of anilines is 1. The Morgan fingerprint density at radius 2 is 1.92 bits per heavy atom. The summed E-state index contributed by atoms with van der Waals surface area (Å²) in [5.41, 5.74) is 1.44. The van der Waals surface area contributed by atoms with Gasteiger partial charge in [0.2, 0.25) is 0 Å². The number of benzene rings is 2. The lowest BCUT2D eigenvalue weighted by atomic mass is 10.1. The second-order valence-corrected chi connectivity index (χ2v) is 5.37. The van der Waals surface area contributed by atoms with Crippen LogP contribution in [0.25, 0.3) is 0 Å². The van der Waals surface area contributed by atoms with Crippen LogP contribution in [0.5, 0.6) is 5.75 Å². The summed E-state index contributed by atoms with van der Waals surface area (Å²) in [5.74, 6) is -1.14. The summed E-state index contributed by atoms with van der Waals surface area (Å²) in [4.78, 5) is 25.8. The highest BCUT2D eigenvalue weighted by atomic mass is 16.5.